The summed E-state index contributed by atoms with van der Waals surface area (Å²) in [5, 5.41) is 31.9. The van der Waals surface area contributed by atoms with Gasteiger partial charge in [-0.1, -0.05) is 45.9 Å². The van der Waals surface area contributed by atoms with Gasteiger partial charge in [-0.15, -0.1) is 0 Å². The van der Waals surface area contributed by atoms with Crippen LogP contribution in [0.2, 0.25) is 0 Å². The summed E-state index contributed by atoms with van der Waals surface area (Å²) >= 11 is 0. The number of aliphatic hydroxyl groups is 3. The molecule has 4 aliphatic carbocycles. The van der Waals surface area contributed by atoms with E-state index in [4.69, 9.17) is 28.4 Å². The van der Waals surface area contributed by atoms with Crippen LogP contribution in [-0.4, -0.2) is 96.4 Å². The van der Waals surface area contributed by atoms with Crippen LogP contribution in [0.25, 0.3) is 0 Å². The van der Waals surface area contributed by atoms with Crippen molar-refractivity contribution >= 4 is 5.97 Å². The van der Waals surface area contributed by atoms with Crippen LogP contribution < -0.4 is 0 Å². The number of fused-ring (bicyclic) bond motifs is 7. The van der Waals surface area contributed by atoms with Crippen molar-refractivity contribution in [3.05, 3.63) is 35.9 Å². The van der Waals surface area contributed by atoms with Crippen molar-refractivity contribution in [1.29, 1.82) is 0 Å². The van der Waals surface area contributed by atoms with Crippen molar-refractivity contribution < 1.29 is 48.5 Å². The summed E-state index contributed by atoms with van der Waals surface area (Å²) in [5.41, 5.74) is 0.621. The van der Waals surface area contributed by atoms with Crippen LogP contribution in [0.1, 0.15) is 95.8 Å². The molecule has 10 heteroatoms. The second-order valence-corrected chi connectivity index (χ2v) is 18.1. The van der Waals surface area contributed by atoms with Crippen LogP contribution in [0.3, 0.4) is 0 Å². The Kier molecular flexibility index (Phi) is 9.69. The fourth-order valence-electron chi connectivity index (χ4n) is 12.8. The van der Waals surface area contributed by atoms with E-state index >= 15 is 0 Å². The predicted octanol–water partition coefficient (Wildman–Crippen LogP) is 5.11. The Morgan fingerprint density at radius 1 is 0.882 bits per heavy atom. The zero-order chi connectivity index (χ0) is 35.9. The lowest BCUT2D eigenvalue weighted by molar-refractivity contribution is -0.318. The molecule has 3 heterocycles. The largest absolute Gasteiger partial charge is 0.458 e. The van der Waals surface area contributed by atoms with Gasteiger partial charge < -0.3 is 43.7 Å². The number of hydrogen-bond donors (Lipinski definition) is 3. The minimum atomic E-state index is -1.41. The summed E-state index contributed by atoms with van der Waals surface area (Å²) in [6.45, 7) is 10.5. The molecule has 7 fully saturated rings. The number of rotatable bonds is 6. The van der Waals surface area contributed by atoms with Crippen molar-refractivity contribution in [2.45, 2.75) is 140 Å². The summed E-state index contributed by atoms with van der Waals surface area (Å²) in [6.07, 6.45) is 2.21. The molecule has 3 aliphatic heterocycles. The summed E-state index contributed by atoms with van der Waals surface area (Å²) in [6, 6.07) is 9.28. The van der Waals surface area contributed by atoms with Crippen LogP contribution >= 0.6 is 0 Å². The maximum Gasteiger partial charge on any atom is 0.338 e. The molecule has 3 saturated heterocycles. The van der Waals surface area contributed by atoms with Gasteiger partial charge >= 0.3 is 5.97 Å². The van der Waals surface area contributed by atoms with Crippen molar-refractivity contribution in [3.63, 3.8) is 0 Å². The van der Waals surface area contributed by atoms with E-state index in [9.17, 15) is 20.1 Å². The Bertz CT molecular complexity index is 1400. The number of carbonyl (C=O) groups is 1. The predicted molar refractivity (Wildman–Crippen MR) is 186 cm³/mol. The topological polar surface area (TPSA) is 133 Å². The van der Waals surface area contributed by atoms with Crippen molar-refractivity contribution in [1.82, 2.24) is 0 Å². The van der Waals surface area contributed by atoms with E-state index in [1.54, 1.807) is 0 Å². The summed E-state index contributed by atoms with van der Waals surface area (Å²) in [7, 11) is 1.50. The molecule has 8 rings (SSSR count). The van der Waals surface area contributed by atoms with Crippen molar-refractivity contribution in [3.8, 4) is 0 Å². The molecule has 4 saturated carbocycles. The molecule has 10 nitrogen and oxygen atoms in total. The van der Waals surface area contributed by atoms with Gasteiger partial charge in [0.1, 0.15) is 30.5 Å². The fourth-order valence-corrected chi connectivity index (χ4v) is 12.8. The van der Waals surface area contributed by atoms with Gasteiger partial charge in [0, 0.05) is 25.4 Å². The number of hydrogen-bond acceptors (Lipinski definition) is 10. The Hall–Kier alpha value is -1.63. The van der Waals surface area contributed by atoms with E-state index in [1.165, 1.54) is 13.5 Å². The van der Waals surface area contributed by atoms with E-state index in [0.29, 0.717) is 47.5 Å². The fraction of sp³-hybridized carbons (Fsp3) is 0.829. The number of aliphatic hydroxyl groups excluding tert-OH is 3. The highest BCUT2D eigenvalue weighted by Gasteiger charge is 2.70. The number of methoxy groups -OCH3 is 1. The first-order chi connectivity index (χ1) is 24.4. The standard InChI is InChI=1S/C41H60O10/c1-22-11-16-41(47-20-22)23(2)33-31(51-41)19-28-26-18-30(49-37(45)24-9-7-6-8-10-24)29-17-25(12-14-39(29,3)27(26)13-15-40(28,33)4)48-38-36(44)35(43)34(42)32(50-38)21-46-5/h6-10,22-23,25-36,38,42-44H,11-21H2,1-5H3/t22-,23+,25+,26-,27+,28+,29-,30+,31+,32-,33+,34-,35+,36-,38-,39-,40+,41-/m1/s1. The van der Waals surface area contributed by atoms with Gasteiger partial charge in [-0.3, -0.25) is 0 Å². The zero-order valence-electron chi connectivity index (χ0n) is 31.0. The highest BCUT2D eigenvalue weighted by molar-refractivity contribution is 5.89. The average molecular weight is 713 g/mol. The molecule has 0 amide bonds. The van der Waals surface area contributed by atoms with Crippen LogP contribution in [0.5, 0.6) is 0 Å². The van der Waals surface area contributed by atoms with Crippen LogP contribution in [0.15, 0.2) is 30.3 Å². The third kappa shape index (κ3) is 5.94. The maximum atomic E-state index is 13.7. The molecule has 1 aromatic carbocycles. The lowest BCUT2D eigenvalue weighted by Crippen LogP contribution is -2.61. The molecule has 0 bridgehead atoms. The van der Waals surface area contributed by atoms with Gasteiger partial charge in [0.25, 0.3) is 0 Å². The third-order valence-electron chi connectivity index (χ3n) is 15.5. The number of benzene rings is 1. The van der Waals surface area contributed by atoms with Gasteiger partial charge in [0.05, 0.1) is 31.0 Å². The minimum absolute atomic E-state index is 0.0533. The smallest absolute Gasteiger partial charge is 0.338 e. The SMILES string of the molecule is COC[C@H]1O[C@@H](O[C@H]2CC[C@@]3(C)[C@H](C2)[C@@H](OC(=O)c2ccccc2)C[C@@H]2[C@@H]3CC[C@]3(C)[C@@H]4[C@H](C[C@@H]23)O[C@]2(CC[C@@H](C)CO2)[C@H]4C)[C@H](O)[C@@H](O)[C@@H]1O. The van der Waals surface area contributed by atoms with E-state index in [1.807, 2.05) is 30.3 Å². The Labute approximate surface area is 302 Å². The second kappa shape index (κ2) is 13.6. The second-order valence-electron chi connectivity index (χ2n) is 18.1. The van der Waals surface area contributed by atoms with Gasteiger partial charge in [-0.05, 0) is 104 Å². The Morgan fingerprint density at radius 2 is 1.65 bits per heavy atom. The molecule has 7 aliphatic rings. The van der Waals surface area contributed by atoms with Crippen LogP contribution in [0.4, 0.5) is 0 Å². The highest BCUT2D eigenvalue weighted by Crippen LogP contribution is 2.71. The summed E-state index contributed by atoms with van der Waals surface area (Å²) < 4.78 is 37.8. The number of ether oxygens (including phenoxy) is 6. The summed E-state index contributed by atoms with van der Waals surface area (Å²) in [5.74, 6) is 2.06. The molecular formula is C41H60O10. The molecular weight excluding hydrogens is 652 g/mol. The average Bonchev–Trinajstić information content (AvgIpc) is 3.57. The molecule has 284 valence electrons. The molecule has 0 unspecified atom stereocenters. The Balaban J connectivity index is 1.05. The lowest BCUT2D eigenvalue weighted by atomic mass is 9.43. The summed E-state index contributed by atoms with van der Waals surface area (Å²) in [4.78, 5) is 13.7. The van der Waals surface area contributed by atoms with Crippen LogP contribution in [0, 0.1) is 52.3 Å². The molecule has 3 N–H and O–H groups in total. The third-order valence-corrected chi connectivity index (χ3v) is 15.5. The molecule has 1 spiro atoms. The van der Waals surface area contributed by atoms with Gasteiger partial charge in [0.15, 0.2) is 12.1 Å². The van der Waals surface area contributed by atoms with Crippen molar-refractivity contribution in [2.24, 2.45) is 52.3 Å². The van der Waals surface area contributed by atoms with Crippen LogP contribution in [-0.2, 0) is 28.4 Å². The minimum Gasteiger partial charge on any atom is -0.458 e. The first kappa shape index (κ1) is 36.4. The van der Waals surface area contributed by atoms with E-state index in [0.717, 1.165) is 51.6 Å². The van der Waals surface area contributed by atoms with Crippen molar-refractivity contribution in [2.75, 3.05) is 20.3 Å². The van der Waals surface area contributed by atoms with Gasteiger partial charge in [-0.2, -0.15) is 0 Å². The highest BCUT2D eigenvalue weighted by atomic mass is 16.7. The van der Waals surface area contributed by atoms with Gasteiger partial charge in [-0.25, -0.2) is 4.79 Å². The normalized spacial score (nSPS) is 52.0. The molecule has 0 radical (unpaired) electrons. The van der Waals surface area contributed by atoms with E-state index < -0.39 is 36.5 Å². The number of carbonyl (C=O) groups excluding carboxylic acids is 1. The van der Waals surface area contributed by atoms with E-state index in [-0.39, 0.29) is 47.6 Å². The number of esters is 1. The van der Waals surface area contributed by atoms with E-state index in [2.05, 4.69) is 27.7 Å². The molecule has 18 atom stereocenters. The maximum absolute atomic E-state index is 13.7. The monoisotopic (exact) mass is 712 g/mol. The first-order valence-electron chi connectivity index (χ1n) is 19.8. The molecule has 1 aromatic rings. The zero-order valence-corrected chi connectivity index (χ0v) is 31.0. The lowest BCUT2D eigenvalue weighted by Gasteiger charge is -2.63. The van der Waals surface area contributed by atoms with Gasteiger partial charge in [0.2, 0.25) is 0 Å². The quantitative estimate of drug-likeness (QED) is 0.270. The Morgan fingerprint density at radius 3 is 2.37 bits per heavy atom. The molecule has 51 heavy (non-hydrogen) atoms. The molecule has 0 aromatic heterocycles. The first-order valence-corrected chi connectivity index (χ1v) is 19.8.